The van der Waals surface area contributed by atoms with Crippen molar-refractivity contribution in [3.63, 3.8) is 0 Å². The van der Waals surface area contributed by atoms with Gasteiger partial charge >= 0.3 is 0 Å². The highest BCUT2D eigenvalue weighted by atomic mass is 32.2. The summed E-state index contributed by atoms with van der Waals surface area (Å²) in [6, 6.07) is 25.2. The van der Waals surface area contributed by atoms with Crippen LogP contribution in [0.25, 0.3) is 49.9 Å². The molecule has 6 aromatic rings. The highest BCUT2D eigenvalue weighted by Gasteiger charge is 2.26. The Bertz CT molecular complexity index is 2220. The van der Waals surface area contributed by atoms with Crippen molar-refractivity contribution in [1.82, 2.24) is 9.88 Å². The monoisotopic (exact) mass is 595 g/mol. The lowest BCUT2D eigenvalue weighted by Crippen LogP contribution is -2.25. The Hall–Kier alpha value is -5.22. The topological polar surface area (TPSA) is 102 Å². The molecule has 0 saturated carbocycles. The van der Waals surface area contributed by atoms with Crippen molar-refractivity contribution in [2.75, 3.05) is 24.7 Å². The van der Waals surface area contributed by atoms with E-state index in [9.17, 15) is 22.4 Å². The van der Waals surface area contributed by atoms with E-state index in [-0.39, 0.29) is 22.5 Å². The van der Waals surface area contributed by atoms with E-state index in [1.165, 1.54) is 42.9 Å². The number of aromatic nitrogens is 1. The highest BCUT2D eigenvalue weighted by molar-refractivity contribution is 7.92. The molecule has 0 radical (unpaired) electrons. The lowest BCUT2D eigenvalue weighted by Gasteiger charge is -2.21. The van der Waals surface area contributed by atoms with Gasteiger partial charge in [0.05, 0.1) is 17.5 Å². The molecule has 1 amide bonds. The number of hydrogen-bond donors (Lipinski definition) is 1. The standard InChI is InChI=1S/C33H26FN3O5S/c1-35-32(38)30-27-18-26(22-8-6-9-24(17-22)37-16-15-20-7-4-5-10-25(20)33(37)39)28(36(2)43(3,40)41)19-29(27)42-31(30)21-11-13-23(34)14-12-21/h4-19H,1-3H3,(H,35,38). The van der Waals surface area contributed by atoms with Crippen LogP contribution in [0.3, 0.4) is 0 Å². The largest absolute Gasteiger partial charge is 0.455 e. The zero-order chi connectivity index (χ0) is 30.5. The summed E-state index contributed by atoms with van der Waals surface area (Å²) in [5.41, 5.74) is 2.76. The number of sulfonamides is 1. The second kappa shape index (κ2) is 10.6. The van der Waals surface area contributed by atoms with E-state index < -0.39 is 21.7 Å². The maximum atomic E-state index is 13.7. The van der Waals surface area contributed by atoms with E-state index in [4.69, 9.17) is 4.42 Å². The quantitative estimate of drug-likeness (QED) is 0.256. The Balaban J connectivity index is 1.62. The molecule has 0 fully saturated rings. The van der Waals surface area contributed by atoms with Crippen molar-refractivity contribution >= 4 is 43.4 Å². The average molecular weight is 596 g/mol. The summed E-state index contributed by atoms with van der Waals surface area (Å²) < 4.78 is 48.0. The zero-order valence-electron chi connectivity index (χ0n) is 23.5. The number of benzene rings is 4. The lowest BCUT2D eigenvalue weighted by atomic mass is 9.98. The summed E-state index contributed by atoms with van der Waals surface area (Å²) in [5.74, 6) is -0.647. The van der Waals surface area contributed by atoms with E-state index in [2.05, 4.69) is 5.32 Å². The molecule has 0 aliphatic heterocycles. The molecular weight excluding hydrogens is 569 g/mol. The minimum atomic E-state index is -3.71. The molecule has 2 aromatic heterocycles. The number of carbonyl (C=O) groups is 1. The first kappa shape index (κ1) is 27.9. The van der Waals surface area contributed by atoms with Gasteiger partial charge in [-0.1, -0.05) is 30.3 Å². The number of carbonyl (C=O) groups excluding carboxylic acids is 1. The fraction of sp³-hybridized carbons (Fsp3) is 0.0909. The molecule has 0 unspecified atom stereocenters. The number of pyridine rings is 1. The molecule has 43 heavy (non-hydrogen) atoms. The van der Waals surface area contributed by atoms with Crippen molar-refractivity contribution < 1.29 is 22.0 Å². The van der Waals surface area contributed by atoms with Crippen LogP contribution in [0.1, 0.15) is 10.4 Å². The van der Waals surface area contributed by atoms with Gasteiger partial charge in [0.1, 0.15) is 17.2 Å². The molecular formula is C33H26FN3O5S. The first-order valence-electron chi connectivity index (χ1n) is 13.3. The minimum Gasteiger partial charge on any atom is -0.455 e. The molecule has 1 N–H and O–H groups in total. The molecule has 2 heterocycles. The average Bonchev–Trinajstić information content (AvgIpc) is 3.38. The van der Waals surface area contributed by atoms with Gasteiger partial charge in [0.15, 0.2) is 0 Å². The molecule has 216 valence electrons. The molecule has 0 aliphatic rings. The van der Waals surface area contributed by atoms with Crippen molar-refractivity contribution in [3.8, 4) is 28.1 Å². The maximum absolute atomic E-state index is 13.7. The first-order valence-corrected chi connectivity index (χ1v) is 15.2. The highest BCUT2D eigenvalue weighted by Crippen LogP contribution is 2.41. The van der Waals surface area contributed by atoms with Crippen molar-refractivity contribution in [3.05, 3.63) is 119 Å². The van der Waals surface area contributed by atoms with E-state index in [1.54, 1.807) is 48.7 Å². The van der Waals surface area contributed by atoms with Crippen molar-refractivity contribution in [2.45, 2.75) is 0 Å². The Morgan fingerprint density at radius 2 is 1.65 bits per heavy atom. The Morgan fingerprint density at radius 1 is 0.907 bits per heavy atom. The summed E-state index contributed by atoms with van der Waals surface area (Å²) in [4.78, 5) is 26.5. The predicted molar refractivity (Wildman–Crippen MR) is 167 cm³/mol. The van der Waals surface area contributed by atoms with Crippen LogP contribution in [0.4, 0.5) is 10.1 Å². The molecule has 0 saturated heterocycles. The number of fused-ring (bicyclic) bond motifs is 2. The summed E-state index contributed by atoms with van der Waals surface area (Å²) in [5, 5.41) is 4.46. The number of halogens is 1. The van der Waals surface area contributed by atoms with E-state index in [0.29, 0.717) is 38.8 Å². The first-order chi connectivity index (χ1) is 20.6. The number of nitrogens with one attached hydrogen (secondary N) is 1. The van der Waals surface area contributed by atoms with Gasteiger partial charge in [0.25, 0.3) is 11.5 Å². The summed E-state index contributed by atoms with van der Waals surface area (Å²) in [7, 11) is -0.789. The molecule has 6 rings (SSSR count). The fourth-order valence-electron chi connectivity index (χ4n) is 5.17. The molecule has 8 nitrogen and oxygen atoms in total. The van der Waals surface area contributed by atoms with Gasteiger partial charge in [0, 0.05) is 53.9 Å². The number of furan rings is 1. The van der Waals surface area contributed by atoms with Crippen molar-refractivity contribution in [1.29, 1.82) is 0 Å². The van der Waals surface area contributed by atoms with E-state index in [0.717, 1.165) is 15.9 Å². The van der Waals surface area contributed by atoms with E-state index in [1.807, 2.05) is 24.3 Å². The second-order valence-corrected chi connectivity index (χ2v) is 12.1. The SMILES string of the molecule is CNC(=O)c1c(-c2ccc(F)cc2)oc2cc(N(C)S(C)(=O)=O)c(-c3cccc(-n4ccc5ccccc5c4=O)c3)cc12. The smallest absolute Gasteiger partial charge is 0.262 e. The summed E-state index contributed by atoms with van der Waals surface area (Å²) >= 11 is 0. The number of rotatable bonds is 6. The third kappa shape index (κ3) is 4.95. The van der Waals surface area contributed by atoms with Gasteiger partial charge in [-0.05, 0) is 65.5 Å². The van der Waals surface area contributed by atoms with Crippen LogP contribution in [-0.2, 0) is 10.0 Å². The Morgan fingerprint density at radius 3 is 2.37 bits per heavy atom. The molecule has 10 heteroatoms. The van der Waals surface area contributed by atoms with Crippen LogP contribution in [0, 0.1) is 5.82 Å². The van der Waals surface area contributed by atoms with Crippen LogP contribution in [0.15, 0.2) is 106 Å². The minimum absolute atomic E-state index is 0.195. The predicted octanol–water partition coefficient (Wildman–Crippen LogP) is 5.97. The number of hydrogen-bond acceptors (Lipinski definition) is 5. The number of anilines is 1. The molecule has 0 aliphatic carbocycles. The van der Waals surface area contributed by atoms with E-state index >= 15 is 0 Å². The Kier molecular flexibility index (Phi) is 6.86. The van der Waals surface area contributed by atoms with Crippen LogP contribution >= 0.6 is 0 Å². The lowest BCUT2D eigenvalue weighted by molar-refractivity contribution is 0.0964. The zero-order valence-corrected chi connectivity index (χ0v) is 24.3. The molecule has 0 spiro atoms. The Labute approximate surface area is 246 Å². The van der Waals surface area contributed by atoms with Gasteiger partial charge < -0.3 is 9.73 Å². The van der Waals surface area contributed by atoms with Crippen LogP contribution in [0.2, 0.25) is 0 Å². The second-order valence-electron chi connectivity index (χ2n) is 10.1. The van der Waals surface area contributed by atoms with Gasteiger partial charge in [-0.3, -0.25) is 18.5 Å². The van der Waals surface area contributed by atoms with Gasteiger partial charge in [0.2, 0.25) is 10.0 Å². The normalized spacial score (nSPS) is 11.6. The van der Waals surface area contributed by atoms with Gasteiger partial charge in [-0.2, -0.15) is 0 Å². The summed E-state index contributed by atoms with van der Waals surface area (Å²) in [6.45, 7) is 0. The fourth-order valence-corrected chi connectivity index (χ4v) is 5.68. The molecule has 0 atom stereocenters. The van der Waals surface area contributed by atoms with Gasteiger partial charge in [-0.15, -0.1) is 0 Å². The van der Waals surface area contributed by atoms with Crippen LogP contribution in [0.5, 0.6) is 0 Å². The summed E-state index contributed by atoms with van der Waals surface area (Å²) in [6.07, 6.45) is 2.79. The number of amides is 1. The number of nitrogens with zero attached hydrogens (tertiary/aromatic N) is 2. The van der Waals surface area contributed by atoms with Crippen LogP contribution < -0.4 is 15.2 Å². The van der Waals surface area contributed by atoms with Gasteiger partial charge in [-0.25, -0.2) is 12.8 Å². The van der Waals surface area contributed by atoms with Crippen LogP contribution in [-0.4, -0.2) is 39.2 Å². The van der Waals surface area contributed by atoms with Crippen molar-refractivity contribution in [2.24, 2.45) is 0 Å². The third-order valence-electron chi connectivity index (χ3n) is 7.45. The third-order valence-corrected chi connectivity index (χ3v) is 8.64. The molecule has 0 bridgehead atoms. The maximum Gasteiger partial charge on any atom is 0.262 e. The molecule has 4 aromatic carbocycles.